The molecule has 0 radical (unpaired) electrons. The summed E-state index contributed by atoms with van der Waals surface area (Å²) in [6.07, 6.45) is 2.41. The summed E-state index contributed by atoms with van der Waals surface area (Å²) < 4.78 is 13.5. The highest BCUT2D eigenvalue weighted by Gasteiger charge is 2.41. The molecule has 0 saturated carbocycles. The molecule has 2 aliphatic rings. The molecule has 8 nitrogen and oxygen atoms in total. The predicted molar refractivity (Wildman–Crippen MR) is 247 cm³/mol. The van der Waals surface area contributed by atoms with Gasteiger partial charge in [-0.3, -0.25) is 0 Å². The van der Waals surface area contributed by atoms with Crippen molar-refractivity contribution < 1.29 is 28.7 Å². The monoisotopic (exact) mass is 845 g/mol. The van der Waals surface area contributed by atoms with Crippen molar-refractivity contribution in [3.8, 4) is 0 Å². The Hall–Kier alpha value is -4.34. The van der Waals surface area contributed by atoms with Crippen LogP contribution in [0.25, 0.3) is 0 Å². The highest BCUT2D eigenvalue weighted by atomic mass is 16.8. The van der Waals surface area contributed by atoms with Crippen LogP contribution >= 0.6 is 0 Å². The van der Waals surface area contributed by atoms with Gasteiger partial charge in [-0.05, 0) is 91.9 Å². The Balaban J connectivity index is 1.19. The fraction of sp³-hybridized carbons (Fsp3) is 0.519. The second kappa shape index (κ2) is 19.2. The molecule has 0 amide bonds. The maximum atomic E-state index is 13.8. The summed E-state index contributed by atoms with van der Waals surface area (Å²) in [5.74, 6) is -2.13. The van der Waals surface area contributed by atoms with E-state index >= 15 is 0 Å². The standard InChI is InChI=1S/C54H72N2O6/c1-51(2,3)41-29-37(30-42(33-41)52(4,5)6)35-59-45-25-19-27-55(47(45)39-21-15-13-16-22-39)61-49(57)50(58)62-56-28-20-26-46(48(56)40-23-17-14-18-24-40)60-36-38-31-43(53(7,8)9)34-44(32-38)54(10,11)12/h13-18,21-24,29-34,45-48H,19-20,25-28,35-36H2,1-12H3. The van der Waals surface area contributed by atoms with E-state index in [0.29, 0.717) is 26.3 Å². The number of hydrogen-bond acceptors (Lipinski definition) is 8. The molecule has 4 aromatic rings. The van der Waals surface area contributed by atoms with E-state index < -0.39 is 24.0 Å². The fourth-order valence-corrected chi connectivity index (χ4v) is 8.45. The van der Waals surface area contributed by atoms with Gasteiger partial charge in [-0.2, -0.15) is 0 Å². The molecule has 0 aliphatic carbocycles. The van der Waals surface area contributed by atoms with Gasteiger partial charge in [0.05, 0.1) is 37.5 Å². The van der Waals surface area contributed by atoms with Crippen molar-refractivity contribution in [1.29, 1.82) is 0 Å². The summed E-state index contributed by atoms with van der Waals surface area (Å²) in [7, 11) is 0. The lowest BCUT2D eigenvalue weighted by Gasteiger charge is -2.40. The minimum atomic E-state index is -1.07. The third-order valence-electron chi connectivity index (χ3n) is 12.3. The lowest BCUT2D eigenvalue weighted by atomic mass is 9.79. The number of hydroxylamine groups is 4. The number of carbonyl (C=O) groups excluding carboxylic acids is 2. The highest BCUT2D eigenvalue weighted by molar-refractivity contribution is 6.29. The Morgan fingerprint density at radius 2 is 0.790 bits per heavy atom. The van der Waals surface area contributed by atoms with E-state index in [2.05, 4.69) is 119 Å². The van der Waals surface area contributed by atoms with Gasteiger partial charge in [0, 0.05) is 13.1 Å². The third-order valence-corrected chi connectivity index (χ3v) is 12.3. The number of benzene rings is 4. The average molecular weight is 845 g/mol. The molecule has 334 valence electrons. The Labute approximate surface area is 372 Å². The van der Waals surface area contributed by atoms with Gasteiger partial charge in [-0.1, -0.05) is 180 Å². The van der Waals surface area contributed by atoms with Crippen LogP contribution in [0.15, 0.2) is 97.1 Å². The molecule has 0 spiro atoms. The van der Waals surface area contributed by atoms with Crippen LogP contribution in [0.2, 0.25) is 0 Å². The molecule has 0 bridgehead atoms. The van der Waals surface area contributed by atoms with Crippen molar-refractivity contribution in [3.63, 3.8) is 0 Å². The second-order valence-corrected chi connectivity index (χ2v) is 21.6. The van der Waals surface area contributed by atoms with E-state index in [9.17, 15) is 9.59 Å². The summed E-state index contributed by atoms with van der Waals surface area (Å²) in [4.78, 5) is 39.7. The van der Waals surface area contributed by atoms with Gasteiger partial charge in [0.2, 0.25) is 0 Å². The number of ether oxygens (including phenoxy) is 2. The SMILES string of the molecule is CC(C)(C)c1cc(COC2CCCN(OC(=O)C(=O)ON3CCCC(OCc4cc(C(C)(C)C)cc(C(C)(C)C)c4)C3c3ccccc3)C2c2ccccc2)cc(C(C)(C)C)c1. The lowest BCUT2D eigenvalue weighted by molar-refractivity contribution is -0.250. The molecular formula is C54H72N2O6. The molecule has 2 heterocycles. The van der Waals surface area contributed by atoms with Gasteiger partial charge in [0.1, 0.15) is 0 Å². The van der Waals surface area contributed by atoms with Crippen molar-refractivity contribution in [3.05, 3.63) is 142 Å². The maximum Gasteiger partial charge on any atom is 0.438 e. The first-order chi connectivity index (χ1) is 29.1. The molecule has 2 saturated heterocycles. The van der Waals surface area contributed by atoms with E-state index in [1.54, 1.807) is 10.1 Å². The van der Waals surface area contributed by atoms with Gasteiger partial charge >= 0.3 is 11.9 Å². The van der Waals surface area contributed by atoms with Gasteiger partial charge in [-0.25, -0.2) is 9.59 Å². The molecule has 2 fully saturated rings. The molecule has 6 rings (SSSR count). The van der Waals surface area contributed by atoms with Crippen LogP contribution in [0.3, 0.4) is 0 Å². The minimum Gasteiger partial charge on any atom is -0.371 e. The van der Waals surface area contributed by atoms with Crippen LogP contribution in [-0.2, 0) is 63.6 Å². The Kier molecular flexibility index (Phi) is 14.6. The zero-order chi connectivity index (χ0) is 45.0. The Morgan fingerprint density at radius 1 is 0.484 bits per heavy atom. The zero-order valence-electron chi connectivity index (χ0n) is 39.5. The van der Waals surface area contributed by atoms with Crippen molar-refractivity contribution in [2.75, 3.05) is 13.1 Å². The summed E-state index contributed by atoms with van der Waals surface area (Å²) in [6, 6.07) is 32.7. The Bertz CT molecular complexity index is 1910. The van der Waals surface area contributed by atoms with Gasteiger partial charge < -0.3 is 19.1 Å². The van der Waals surface area contributed by atoms with Gasteiger partial charge in [-0.15, -0.1) is 10.1 Å². The first-order valence-electron chi connectivity index (χ1n) is 22.7. The van der Waals surface area contributed by atoms with Crippen LogP contribution in [0.4, 0.5) is 0 Å². The normalized spacial score (nSPS) is 20.8. The van der Waals surface area contributed by atoms with Crippen molar-refractivity contribution in [1.82, 2.24) is 10.1 Å². The maximum absolute atomic E-state index is 13.8. The van der Waals surface area contributed by atoms with Crippen molar-refractivity contribution in [2.45, 2.75) is 168 Å². The van der Waals surface area contributed by atoms with E-state index in [-0.39, 0.29) is 33.9 Å². The molecule has 2 aliphatic heterocycles. The van der Waals surface area contributed by atoms with Crippen LogP contribution in [0.5, 0.6) is 0 Å². The minimum absolute atomic E-state index is 0.0224. The van der Waals surface area contributed by atoms with E-state index in [1.807, 2.05) is 60.7 Å². The summed E-state index contributed by atoms with van der Waals surface area (Å²) in [5, 5.41) is 3.24. The molecule has 8 heteroatoms. The molecule has 62 heavy (non-hydrogen) atoms. The van der Waals surface area contributed by atoms with Gasteiger partial charge in [0.15, 0.2) is 0 Å². The van der Waals surface area contributed by atoms with E-state index in [4.69, 9.17) is 19.1 Å². The average Bonchev–Trinajstić information content (AvgIpc) is 3.21. The largest absolute Gasteiger partial charge is 0.438 e. The molecule has 0 N–H and O–H groups in total. The molecule has 4 unspecified atom stereocenters. The van der Waals surface area contributed by atoms with Gasteiger partial charge in [0.25, 0.3) is 0 Å². The quantitative estimate of drug-likeness (QED) is 0.146. The van der Waals surface area contributed by atoms with E-state index in [0.717, 1.165) is 47.9 Å². The fourth-order valence-electron chi connectivity index (χ4n) is 8.45. The third kappa shape index (κ3) is 12.0. The molecule has 0 aromatic heterocycles. The number of rotatable bonds is 10. The molecular weight excluding hydrogens is 773 g/mol. The summed E-state index contributed by atoms with van der Waals surface area (Å²) in [5.41, 5.74) is 9.08. The van der Waals surface area contributed by atoms with Crippen LogP contribution < -0.4 is 0 Å². The van der Waals surface area contributed by atoms with Crippen LogP contribution in [0.1, 0.15) is 165 Å². The second-order valence-electron chi connectivity index (χ2n) is 21.6. The summed E-state index contributed by atoms with van der Waals surface area (Å²) in [6.45, 7) is 28.5. The van der Waals surface area contributed by atoms with E-state index in [1.165, 1.54) is 22.3 Å². The lowest BCUT2D eigenvalue weighted by Crippen LogP contribution is -2.47. The smallest absolute Gasteiger partial charge is 0.371 e. The first-order valence-corrected chi connectivity index (χ1v) is 22.7. The Morgan fingerprint density at radius 3 is 1.08 bits per heavy atom. The number of piperidine rings is 2. The number of nitrogens with zero attached hydrogens (tertiary/aromatic N) is 2. The summed E-state index contributed by atoms with van der Waals surface area (Å²) >= 11 is 0. The molecule has 4 atom stereocenters. The zero-order valence-corrected chi connectivity index (χ0v) is 39.5. The highest BCUT2D eigenvalue weighted by Crippen LogP contribution is 2.38. The van der Waals surface area contributed by atoms with Crippen molar-refractivity contribution in [2.24, 2.45) is 0 Å². The number of hydrogen-bond donors (Lipinski definition) is 0. The topological polar surface area (TPSA) is 77.5 Å². The molecule has 4 aromatic carbocycles. The number of carbonyl (C=O) groups is 2. The first kappa shape index (κ1) is 47.1. The van der Waals surface area contributed by atoms with Crippen molar-refractivity contribution >= 4 is 11.9 Å². The predicted octanol–water partition coefficient (Wildman–Crippen LogP) is 11.9. The van der Waals surface area contributed by atoms with Crippen LogP contribution in [-0.4, -0.2) is 47.4 Å². The van der Waals surface area contributed by atoms with Crippen LogP contribution in [0, 0.1) is 0 Å².